The first-order valence-corrected chi connectivity index (χ1v) is 7.91. The van der Waals surface area contributed by atoms with E-state index < -0.39 is 0 Å². The molecule has 0 radical (unpaired) electrons. The lowest BCUT2D eigenvalue weighted by molar-refractivity contribution is 0.200. The third kappa shape index (κ3) is 3.20. The summed E-state index contributed by atoms with van der Waals surface area (Å²) in [6.07, 6.45) is 1.15. The number of fused-ring (bicyclic) bond motifs is 1. The van der Waals surface area contributed by atoms with Gasteiger partial charge < -0.3 is 5.32 Å². The van der Waals surface area contributed by atoms with Gasteiger partial charge in [-0.3, -0.25) is 4.90 Å². The minimum absolute atomic E-state index is 0.342. The Labute approximate surface area is 128 Å². The Morgan fingerprint density at radius 1 is 1.43 bits per heavy atom. The Balaban J connectivity index is 1.55. The topological polar surface area (TPSA) is 64.8 Å². The lowest BCUT2D eigenvalue weighted by atomic mass is 10.1. The first kappa shape index (κ1) is 14.0. The number of nitrogens with zero attached hydrogens (tertiary/aromatic N) is 4. The molecule has 3 heterocycles. The Hall–Kier alpha value is -1.97. The van der Waals surface area contributed by atoms with Crippen molar-refractivity contribution in [2.45, 2.75) is 25.9 Å². The summed E-state index contributed by atoms with van der Waals surface area (Å²) >= 11 is 1.87. The van der Waals surface area contributed by atoms with Crippen LogP contribution in [0.1, 0.15) is 23.1 Å². The van der Waals surface area contributed by atoms with E-state index in [1.165, 1.54) is 10.4 Å². The quantitative estimate of drug-likeness (QED) is 0.938. The summed E-state index contributed by atoms with van der Waals surface area (Å²) in [7, 11) is 0. The highest BCUT2D eigenvalue weighted by Gasteiger charge is 2.21. The van der Waals surface area contributed by atoms with Crippen molar-refractivity contribution in [3.63, 3.8) is 0 Å². The molecule has 5 nitrogen and oxygen atoms in total. The van der Waals surface area contributed by atoms with Gasteiger partial charge in [-0.15, -0.1) is 21.5 Å². The van der Waals surface area contributed by atoms with Crippen LogP contribution >= 0.6 is 11.3 Å². The molecule has 0 aromatic carbocycles. The van der Waals surface area contributed by atoms with Crippen molar-refractivity contribution >= 4 is 17.2 Å². The van der Waals surface area contributed by atoms with Crippen LogP contribution in [0.15, 0.2) is 23.6 Å². The highest BCUT2D eigenvalue weighted by Crippen LogP contribution is 2.25. The van der Waals surface area contributed by atoms with E-state index in [1.807, 2.05) is 17.4 Å². The van der Waals surface area contributed by atoms with Crippen LogP contribution in [0, 0.1) is 11.3 Å². The minimum atomic E-state index is 0.342. The molecule has 0 saturated heterocycles. The summed E-state index contributed by atoms with van der Waals surface area (Å²) in [4.78, 5) is 4.02. The molecule has 1 aliphatic rings. The van der Waals surface area contributed by atoms with Crippen molar-refractivity contribution < 1.29 is 0 Å². The highest BCUT2D eigenvalue weighted by atomic mass is 32.1. The molecule has 2 aromatic rings. The Kier molecular flexibility index (Phi) is 4.13. The van der Waals surface area contributed by atoms with Gasteiger partial charge in [0.05, 0.1) is 0 Å². The predicted octanol–water partition coefficient (Wildman–Crippen LogP) is 2.27. The fourth-order valence-electron chi connectivity index (χ4n) is 2.51. The van der Waals surface area contributed by atoms with Crippen LogP contribution in [0.25, 0.3) is 0 Å². The van der Waals surface area contributed by atoms with E-state index in [-0.39, 0.29) is 0 Å². The molecule has 2 aromatic heterocycles. The molecule has 3 rings (SSSR count). The van der Waals surface area contributed by atoms with Gasteiger partial charge in [0, 0.05) is 30.6 Å². The first-order valence-electron chi connectivity index (χ1n) is 7.03. The molecule has 0 saturated carbocycles. The second-order valence-electron chi connectivity index (χ2n) is 5.24. The van der Waals surface area contributed by atoms with Gasteiger partial charge in [0.15, 0.2) is 5.69 Å². The second-order valence-corrected chi connectivity index (χ2v) is 6.24. The first-order chi connectivity index (χ1) is 10.3. The third-order valence-electron chi connectivity index (χ3n) is 3.82. The van der Waals surface area contributed by atoms with Crippen LogP contribution in [0.3, 0.4) is 0 Å². The van der Waals surface area contributed by atoms with Gasteiger partial charge in [-0.2, -0.15) is 5.26 Å². The van der Waals surface area contributed by atoms with E-state index in [0.717, 1.165) is 26.1 Å². The SMILES string of the molecule is CC(CNc1ccc(C#N)nn1)N1CCc2sccc2C1. The summed E-state index contributed by atoms with van der Waals surface area (Å²) in [5.74, 6) is 0.717. The summed E-state index contributed by atoms with van der Waals surface area (Å²) in [6.45, 7) is 5.18. The zero-order valence-electron chi connectivity index (χ0n) is 11.9. The molecule has 0 bridgehead atoms. The summed E-state index contributed by atoms with van der Waals surface area (Å²) < 4.78 is 0. The van der Waals surface area contributed by atoms with Gasteiger partial charge in [-0.25, -0.2) is 0 Å². The standard InChI is InChI=1S/C15H17N5S/c1-11(9-17-15-3-2-13(8-16)18-19-15)20-6-4-14-12(10-20)5-7-21-14/h2-3,5,7,11H,4,6,9-10H2,1H3,(H,17,19). The Bertz CT molecular complexity index is 643. The molecule has 6 heteroatoms. The maximum absolute atomic E-state index is 8.70. The average Bonchev–Trinajstić information content (AvgIpc) is 3.00. The number of hydrogen-bond donors (Lipinski definition) is 1. The molecular weight excluding hydrogens is 282 g/mol. The molecular formula is C15H17N5S. The number of nitriles is 1. The minimum Gasteiger partial charge on any atom is -0.367 e. The van der Waals surface area contributed by atoms with Gasteiger partial charge in [-0.1, -0.05) is 0 Å². The monoisotopic (exact) mass is 299 g/mol. The molecule has 21 heavy (non-hydrogen) atoms. The lowest BCUT2D eigenvalue weighted by Crippen LogP contribution is -2.40. The van der Waals surface area contributed by atoms with Crippen LogP contribution in [0.4, 0.5) is 5.82 Å². The fraction of sp³-hybridized carbons (Fsp3) is 0.400. The normalized spacial score (nSPS) is 16.0. The van der Waals surface area contributed by atoms with Gasteiger partial charge in [0.25, 0.3) is 0 Å². The Morgan fingerprint density at radius 2 is 2.33 bits per heavy atom. The molecule has 1 aliphatic heterocycles. The van der Waals surface area contributed by atoms with Crippen molar-refractivity contribution in [1.29, 1.82) is 5.26 Å². The van der Waals surface area contributed by atoms with E-state index in [9.17, 15) is 0 Å². The highest BCUT2D eigenvalue weighted by molar-refractivity contribution is 7.10. The number of hydrogen-bond acceptors (Lipinski definition) is 6. The molecule has 0 spiro atoms. The summed E-state index contributed by atoms with van der Waals surface area (Å²) in [6, 6.07) is 8.11. The molecule has 1 N–H and O–H groups in total. The molecule has 1 unspecified atom stereocenters. The van der Waals surface area contributed by atoms with Crippen molar-refractivity contribution in [2.75, 3.05) is 18.4 Å². The van der Waals surface area contributed by atoms with Crippen LogP contribution in [0.5, 0.6) is 0 Å². The third-order valence-corrected chi connectivity index (χ3v) is 4.84. The maximum Gasteiger partial charge on any atom is 0.163 e. The van der Waals surface area contributed by atoms with Crippen LogP contribution in [-0.2, 0) is 13.0 Å². The van der Waals surface area contributed by atoms with Gasteiger partial charge >= 0.3 is 0 Å². The van der Waals surface area contributed by atoms with E-state index in [4.69, 9.17) is 5.26 Å². The average molecular weight is 299 g/mol. The fourth-order valence-corrected chi connectivity index (χ4v) is 3.40. The van der Waals surface area contributed by atoms with Gasteiger partial charge in [-0.05, 0) is 42.5 Å². The predicted molar refractivity (Wildman–Crippen MR) is 83.1 cm³/mol. The van der Waals surface area contributed by atoms with Crippen molar-refractivity contribution in [2.24, 2.45) is 0 Å². The zero-order chi connectivity index (χ0) is 14.7. The Morgan fingerprint density at radius 3 is 3.10 bits per heavy atom. The van der Waals surface area contributed by atoms with E-state index in [1.54, 1.807) is 12.1 Å². The summed E-state index contributed by atoms with van der Waals surface area (Å²) in [5, 5.41) is 22.0. The van der Waals surface area contributed by atoms with Crippen LogP contribution in [-0.4, -0.2) is 34.2 Å². The van der Waals surface area contributed by atoms with Crippen molar-refractivity contribution in [3.05, 3.63) is 39.7 Å². The van der Waals surface area contributed by atoms with E-state index in [0.29, 0.717) is 17.6 Å². The molecule has 0 fully saturated rings. The molecule has 0 amide bonds. The smallest absolute Gasteiger partial charge is 0.163 e. The zero-order valence-corrected chi connectivity index (χ0v) is 12.7. The number of nitrogens with one attached hydrogen (secondary N) is 1. The van der Waals surface area contributed by atoms with Crippen LogP contribution in [0.2, 0.25) is 0 Å². The van der Waals surface area contributed by atoms with Crippen molar-refractivity contribution in [3.8, 4) is 6.07 Å². The van der Waals surface area contributed by atoms with Gasteiger partial charge in [0.1, 0.15) is 11.9 Å². The number of aromatic nitrogens is 2. The van der Waals surface area contributed by atoms with E-state index >= 15 is 0 Å². The van der Waals surface area contributed by atoms with Crippen LogP contribution < -0.4 is 5.32 Å². The molecule has 0 aliphatic carbocycles. The maximum atomic E-state index is 8.70. The number of rotatable bonds is 4. The number of thiophene rings is 1. The molecule has 108 valence electrons. The van der Waals surface area contributed by atoms with Gasteiger partial charge in [0.2, 0.25) is 0 Å². The molecule has 1 atom stereocenters. The number of anilines is 1. The van der Waals surface area contributed by atoms with Crippen molar-refractivity contribution in [1.82, 2.24) is 15.1 Å². The lowest BCUT2D eigenvalue weighted by Gasteiger charge is -2.32. The summed E-state index contributed by atoms with van der Waals surface area (Å²) in [5.41, 5.74) is 1.81. The second kappa shape index (κ2) is 6.20. The largest absolute Gasteiger partial charge is 0.367 e. The van der Waals surface area contributed by atoms with E-state index in [2.05, 4.69) is 38.8 Å².